The monoisotopic (exact) mass is 633 g/mol. The van der Waals surface area contributed by atoms with Crippen molar-refractivity contribution >= 4 is 22.1 Å². The van der Waals surface area contributed by atoms with E-state index in [1.165, 1.54) is 26.4 Å². The van der Waals surface area contributed by atoms with E-state index < -0.39 is 22.3 Å². The molecule has 3 aromatic rings. The Morgan fingerprint density at radius 3 is 1.76 bits per heavy atom. The first-order valence-corrected chi connectivity index (χ1v) is 16.2. The summed E-state index contributed by atoms with van der Waals surface area (Å²) in [6.07, 6.45) is 0.227. The summed E-state index contributed by atoms with van der Waals surface area (Å²) in [4.78, 5) is 27.9. The van der Waals surface area contributed by atoms with Gasteiger partial charge in [0.1, 0.15) is 12.1 Å². The maximum absolute atomic E-state index is 12.6. The highest BCUT2D eigenvalue weighted by Crippen LogP contribution is 2.27. The molecule has 10 nitrogen and oxygen atoms in total. The van der Waals surface area contributed by atoms with Crippen molar-refractivity contribution in [1.82, 2.24) is 9.80 Å². The lowest BCUT2D eigenvalue weighted by molar-refractivity contribution is -0.146. The Labute approximate surface area is 265 Å². The van der Waals surface area contributed by atoms with Crippen LogP contribution in [-0.2, 0) is 46.5 Å². The summed E-state index contributed by atoms with van der Waals surface area (Å²) < 4.78 is 40.2. The molecule has 0 spiro atoms. The normalized spacial score (nSPS) is 21.7. The number of rotatable bonds is 9. The Bertz CT molecular complexity index is 1560. The smallest absolute Gasteiger partial charge is 0.323 e. The molecular weight excluding hydrogens is 594 g/mol. The van der Waals surface area contributed by atoms with Crippen LogP contribution in [0.1, 0.15) is 29.5 Å². The van der Waals surface area contributed by atoms with E-state index in [-0.39, 0.29) is 35.2 Å². The molecule has 0 unspecified atom stereocenters. The fourth-order valence-corrected chi connectivity index (χ4v) is 6.69. The number of ether oxygens (including phenoxy) is 2. The van der Waals surface area contributed by atoms with Gasteiger partial charge in [-0.1, -0.05) is 78.4 Å². The highest BCUT2D eigenvalue weighted by atomic mass is 32.2. The van der Waals surface area contributed by atoms with Crippen molar-refractivity contribution in [2.75, 3.05) is 27.3 Å². The number of esters is 2. The lowest BCUT2D eigenvalue weighted by atomic mass is 10.1. The predicted octanol–water partition coefficient (Wildman–Crippen LogP) is 4.09. The van der Waals surface area contributed by atoms with Gasteiger partial charge in [-0.25, -0.2) is 0 Å². The van der Waals surface area contributed by atoms with Crippen molar-refractivity contribution in [1.29, 1.82) is 5.26 Å². The van der Waals surface area contributed by atoms with E-state index in [9.17, 15) is 18.0 Å². The van der Waals surface area contributed by atoms with Crippen LogP contribution in [0.3, 0.4) is 0 Å². The van der Waals surface area contributed by atoms with E-state index in [1.807, 2.05) is 77.4 Å². The number of carbonyl (C=O) groups is 2. The fraction of sp³-hybridized carbons (Fsp3) is 0.382. The summed E-state index contributed by atoms with van der Waals surface area (Å²) in [5, 5.41) is 8.99. The van der Waals surface area contributed by atoms with Crippen LogP contribution in [0.15, 0.2) is 89.8 Å². The molecule has 2 saturated heterocycles. The zero-order chi connectivity index (χ0) is 32.4. The van der Waals surface area contributed by atoms with E-state index in [0.717, 1.165) is 16.7 Å². The fourth-order valence-electron chi connectivity index (χ4n) is 5.62. The minimum Gasteiger partial charge on any atom is -0.468 e. The van der Waals surface area contributed by atoms with E-state index in [2.05, 4.69) is 6.07 Å². The molecule has 2 aliphatic rings. The first-order chi connectivity index (χ1) is 21.6. The second-order valence-corrected chi connectivity index (χ2v) is 12.8. The molecule has 2 heterocycles. The number of benzene rings is 3. The molecule has 0 aliphatic carbocycles. The second kappa shape index (κ2) is 15.8. The lowest BCUT2D eigenvalue weighted by Gasteiger charge is -2.21. The van der Waals surface area contributed by atoms with Gasteiger partial charge in [0.25, 0.3) is 10.1 Å². The van der Waals surface area contributed by atoms with Gasteiger partial charge in [0.15, 0.2) is 0 Å². The van der Waals surface area contributed by atoms with E-state index in [0.29, 0.717) is 32.6 Å². The number of nitriles is 1. The molecule has 0 bridgehead atoms. The molecule has 2 aliphatic heterocycles. The molecule has 4 atom stereocenters. The average Bonchev–Trinajstić information content (AvgIpc) is 3.64. The highest BCUT2D eigenvalue weighted by molar-refractivity contribution is 7.86. The number of methoxy groups -OCH3 is 2. The summed E-state index contributed by atoms with van der Waals surface area (Å²) in [6.45, 7) is 4.05. The second-order valence-electron chi connectivity index (χ2n) is 11.2. The molecule has 3 aromatic carbocycles. The van der Waals surface area contributed by atoms with Gasteiger partial charge < -0.3 is 9.47 Å². The average molecular weight is 634 g/mol. The number of likely N-dealkylation sites (tertiary alicyclic amines) is 2. The molecule has 0 saturated carbocycles. The van der Waals surface area contributed by atoms with Crippen molar-refractivity contribution in [3.05, 3.63) is 102 Å². The number of aryl methyl sites for hydroxylation is 1. The van der Waals surface area contributed by atoms with Gasteiger partial charge in [0.05, 0.1) is 37.2 Å². The van der Waals surface area contributed by atoms with Gasteiger partial charge in [0, 0.05) is 32.6 Å². The van der Waals surface area contributed by atoms with Crippen LogP contribution in [0.5, 0.6) is 0 Å². The summed E-state index contributed by atoms with van der Waals surface area (Å²) in [5.74, 6) is -0.716. The number of carbonyl (C=O) groups excluding carboxylic acids is 2. The lowest BCUT2D eigenvalue weighted by Crippen LogP contribution is -2.36. The van der Waals surface area contributed by atoms with Crippen molar-refractivity contribution < 1.29 is 31.7 Å². The zero-order valence-electron chi connectivity index (χ0n) is 25.7. The SMILES string of the molecule is COC(=O)[C@@H]1C[C@@H](OS(=O)(=O)c2ccc(C)cc2)CN1Cc1ccccc1.COC(=O)[C@@H]1C[C@H](C#N)CN1Cc1ccccc1. The van der Waals surface area contributed by atoms with Crippen LogP contribution >= 0.6 is 0 Å². The van der Waals surface area contributed by atoms with E-state index >= 15 is 0 Å². The first-order valence-electron chi connectivity index (χ1n) is 14.7. The number of hydrogen-bond acceptors (Lipinski definition) is 10. The van der Waals surface area contributed by atoms with Crippen LogP contribution in [0.25, 0.3) is 0 Å². The van der Waals surface area contributed by atoms with Gasteiger partial charge >= 0.3 is 11.9 Å². The molecule has 0 aromatic heterocycles. The Balaban J connectivity index is 0.000000222. The molecule has 0 amide bonds. The third-order valence-electron chi connectivity index (χ3n) is 7.93. The predicted molar refractivity (Wildman–Crippen MR) is 167 cm³/mol. The van der Waals surface area contributed by atoms with Crippen molar-refractivity contribution in [2.24, 2.45) is 5.92 Å². The summed E-state index contributed by atoms with van der Waals surface area (Å²) in [6, 6.07) is 27.6. The molecule has 238 valence electrons. The number of nitrogens with zero attached hydrogens (tertiary/aromatic N) is 3. The van der Waals surface area contributed by atoms with Gasteiger partial charge in [-0.3, -0.25) is 23.6 Å². The van der Waals surface area contributed by atoms with Crippen LogP contribution in [-0.4, -0.2) is 75.7 Å². The Hall–Kier alpha value is -4.08. The molecule has 11 heteroatoms. The molecule has 0 radical (unpaired) electrons. The summed E-state index contributed by atoms with van der Waals surface area (Å²) >= 11 is 0. The van der Waals surface area contributed by atoms with Gasteiger partial charge in [0.2, 0.25) is 0 Å². The summed E-state index contributed by atoms with van der Waals surface area (Å²) in [7, 11) is -1.17. The van der Waals surface area contributed by atoms with Crippen LogP contribution < -0.4 is 0 Å². The Morgan fingerprint density at radius 1 is 0.778 bits per heavy atom. The Kier molecular flexibility index (Phi) is 11.8. The minimum absolute atomic E-state index is 0.0854. The minimum atomic E-state index is -3.89. The van der Waals surface area contributed by atoms with Gasteiger partial charge in [-0.2, -0.15) is 13.7 Å². The topological polar surface area (TPSA) is 126 Å². The van der Waals surface area contributed by atoms with Crippen LogP contribution in [0, 0.1) is 24.2 Å². The standard InChI is InChI=1S/C20H23NO5S.C14H16N2O2/c1-15-8-10-18(11-9-15)27(23,24)26-17-12-19(20(22)25-2)21(14-17)13-16-6-4-3-5-7-16;1-18-14(17)13-7-12(8-15)10-16(13)9-11-5-3-2-4-6-11/h3-11,17,19H,12-14H2,1-2H3;2-6,12-13H,7,9-10H2,1H3/t17-,19+;12-,13+/m11/s1. The maximum Gasteiger partial charge on any atom is 0.323 e. The van der Waals surface area contributed by atoms with Gasteiger partial charge in [-0.15, -0.1) is 0 Å². The number of hydrogen-bond donors (Lipinski definition) is 0. The molecule has 2 fully saturated rings. The zero-order valence-corrected chi connectivity index (χ0v) is 26.6. The maximum atomic E-state index is 12.6. The molecule has 0 N–H and O–H groups in total. The van der Waals surface area contributed by atoms with Crippen molar-refractivity contribution in [2.45, 2.75) is 55.9 Å². The quantitative estimate of drug-likeness (QED) is 0.251. The third kappa shape index (κ3) is 9.22. The van der Waals surface area contributed by atoms with Gasteiger partial charge in [-0.05, 0) is 36.6 Å². The Morgan fingerprint density at radius 2 is 1.27 bits per heavy atom. The molecule has 5 rings (SSSR count). The largest absolute Gasteiger partial charge is 0.468 e. The van der Waals surface area contributed by atoms with Crippen molar-refractivity contribution in [3.8, 4) is 6.07 Å². The van der Waals surface area contributed by atoms with Crippen LogP contribution in [0.2, 0.25) is 0 Å². The highest BCUT2D eigenvalue weighted by Gasteiger charge is 2.40. The van der Waals surface area contributed by atoms with E-state index in [4.69, 9.17) is 18.9 Å². The first kappa shape index (κ1) is 33.8. The molecule has 45 heavy (non-hydrogen) atoms. The third-order valence-corrected chi connectivity index (χ3v) is 9.30. The summed E-state index contributed by atoms with van der Waals surface area (Å²) in [5.41, 5.74) is 3.15. The van der Waals surface area contributed by atoms with E-state index in [1.54, 1.807) is 12.1 Å². The van der Waals surface area contributed by atoms with Crippen molar-refractivity contribution in [3.63, 3.8) is 0 Å². The molecular formula is C34H39N3O7S. The van der Waals surface area contributed by atoms with Crippen LogP contribution in [0.4, 0.5) is 0 Å².